The smallest absolute Gasteiger partial charge is 0.269 e. The molecular weight excluding hydrogens is 312 g/mol. The van der Waals surface area contributed by atoms with Crippen molar-refractivity contribution in [1.29, 1.82) is 0 Å². The highest BCUT2D eigenvalue weighted by Crippen LogP contribution is 2.17. The average molecular weight is 330 g/mol. The van der Waals surface area contributed by atoms with Crippen LogP contribution in [0.15, 0.2) is 48.5 Å². The minimum Gasteiger partial charge on any atom is -0.325 e. The number of amides is 1. The Hall–Kier alpha value is -2.34. The van der Waals surface area contributed by atoms with Gasteiger partial charge in [0.1, 0.15) is 0 Å². The molecular formula is C17H18N2O3S. The van der Waals surface area contributed by atoms with E-state index in [1.54, 1.807) is 12.1 Å². The fourth-order valence-electron chi connectivity index (χ4n) is 2.04. The zero-order valence-corrected chi connectivity index (χ0v) is 13.6. The Balaban J connectivity index is 1.79. The molecule has 0 aromatic heterocycles. The van der Waals surface area contributed by atoms with Gasteiger partial charge in [-0.1, -0.05) is 31.2 Å². The fourth-order valence-corrected chi connectivity index (χ4v) is 2.83. The lowest BCUT2D eigenvalue weighted by Crippen LogP contribution is -2.14. The lowest BCUT2D eigenvalue weighted by atomic mass is 10.1. The van der Waals surface area contributed by atoms with Crippen LogP contribution in [0.2, 0.25) is 0 Å². The highest BCUT2D eigenvalue weighted by atomic mass is 32.2. The second-order valence-electron chi connectivity index (χ2n) is 5.02. The van der Waals surface area contributed by atoms with Gasteiger partial charge in [-0.3, -0.25) is 14.9 Å². The van der Waals surface area contributed by atoms with Gasteiger partial charge in [-0.25, -0.2) is 0 Å². The van der Waals surface area contributed by atoms with Crippen LogP contribution >= 0.6 is 11.8 Å². The number of carbonyl (C=O) groups excluding carboxylic acids is 1. The molecule has 0 saturated heterocycles. The number of thioether (sulfide) groups is 1. The van der Waals surface area contributed by atoms with Crippen LogP contribution in [0.1, 0.15) is 18.1 Å². The first-order valence-corrected chi connectivity index (χ1v) is 8.44. The molecule has 0 radical (unpaired) electrons. The molecule has 0 spiro atoms. The third kappa shape index (κ3) is 5.41. The molecule has 0 bridgehead atoms. The van der Waals surface area contributed by atoms with Crippen molar-refractivity contribution in [3.05, 3.63) is 69.8 Å². The minimum atomic E-state index is -0.422. The number of hydrogen-bond donors (Lipinski definition) is 1. The van der Waals surface area contributed by atoms with Gasteiger partial charge in [0, 0.05) is 23.6 Å². The average Bonchev–Trinajstić information content (AvgIpc) is 2.55. The molecule has 6 heteroatoms. The van der Waals surface area contributed by atoms with Crippen LogP contribution in [0.4, 0.5) is 11.4 Å². The maximum absolute atomic E-state index is 11.9. The SMILES string of the molecule is CCc1cccc(NC(=O)CSCc2ccc([N+](=O)[O-])cc2)c1. The number of nitrogens with zero attached hydrogens (tertiary/aromatic N) is 1. The van der Waals surface area contributed by atoms with Gasteiger partial charge >= 0.3 is 0 Å². The highest BCUT2D eigenvalue weighted by Gasteiger charge is 2.06. The van der Waals surface area contributed by atoms with Crippen molar-refractivity contribution < 1.29 is 9.72 Å². The van der Waals surface area contributed by atoms with E-state index in [2.05, 4.69) is 12.2 Å². The number of carbonyl (C=O) groups is 1. The summed E-state index contributed by atoms with van der Waals surface area (Å²) in [7, 11) is 0. The molecule has 2 aromatic rings. The Morgan fingerprint density at radius 1 is 1.17 bits per heavy atom. The Kier molecular flexibility index (Phi) is 6.17. The molecule has 120 valence electrons. The number of nitro benzene ring substituents is 1. The quantitative estimate of drug-likeness (QED) is 0.614. The van der Waals surface area contributed by atoms with Crippen molar-refractivity contribution in [2.75, 3.05) is 11.1 Å². The molecule has 2 aromatic carbocycles. The van der Waals surface area contributed by atoms with Gasteiger partial charge in [0.15, 0.2) is 0 Å². The van der Waals surface area contributed by atoms with Crippen LogP contribution in [0, 0.1) is 10.1 Å². The van der Waals surface area contributed by atoms with Crippen LogP contribution < -0.4 is 5.32 Å². The van der Waals surface area contributed by atoms with E-state index in [4.69, 9.17) is 0 Å². The maximum atomic E-state index is 11.9. The third-order valence-corrected chi connectivity index (χ3v) is 4.27. The second kappa shape index (κ2) is 8.33. The summed E-state index contributed by atoms with van der Waals surface area (Å²) in [5.74, 6) is 0.929. The third-order valence-electron chi connectivity index (χ3n) is 3.27. The molecule has 2 rings (SSSR count). The van der Waals surface area contributed by atoms with Crippen LogP contribution in [0.5, 0.6) is 0 Å². The molecule has 0 unspecified atom stereocenters. The monoisotopic (exact) mass is 330 g/mol. The van der Waals surface area contributed by atoms with E-state index in [1.165, 1.54) is 29.5 Å². The van der Waals surface area contributed by atoms with Crippen molar-refractivity contribution in [3.8, 4) is 0 Å². The van der Waals surface area contributed by atoms with Crippen molar-refractivity contribution in [3.63, 3.8) is 0 Å². The fraction of sp³-hybridized carbons (Fsp3) is 0.235. The molecule has 0 saturated carbocycles. The van der Waals surface area contributed by atoms with Gasteiger partial charge in [-0.05, 0) is 29.7 Å². The Morgan fingerprint density at radius 3 is 2.57 bits per heavy atom. The summed E-state index contributed by atoms with van der Waals surface area (Å²) in [4.78, 5) is 22.1. The summed E-state index contributed by atoms with van der Waals surface area (Å²) < 4.78 is 0. The zero-order chi connectivity index (χ0) is 16.7. The van der Waals surface area contributed by atoms with Gasteiger partial charge in [-0.15, -0.1) is 11.8 Å². The number of anilines is 1. The van der Waals surface area contributed by atoms with Crippen molar-refractivity contribution in [2.45, 2.75) is 19.1 Å². The number of hydrogen-bond acceptors (Lipinski definition) is 4. The summed E-state index contributed by atoms with van der Waals surface area (Å²) >= 11 is 1.48. The highest BCUT2D eigenvalue weighted by molar-refractivity contribution is 7.99. The number of benzene rings is 2. The lowest BCUT2D eigenvalue weighted by Gasteiger charge is -2.07. The second-order valence-corrected chi connectivity index (χ2v) is 6.00. The molecule has 0 heterocycles. The Morgan fingerprint density at radius 2 is 1.91 bits per heavy atom. The van der Waals surface area contributed by atoms with Crippen molar-refractivity contribution in [2.24, 2.45) is 0 Å². The zero-order valence-electron chi connectivity index (χ0n) is 12.8. The summed E-state index contributed by atoms with van der Waals surface area (Å²) in [6.07, 6.45) is 0.929. The number of nitro groups is 1. The van der Waals surface area contributed by atoms with E-state index in [0.29, 0.717) is 11.5 Å². The first-order valence-electron chi connectivity index (χ1n) is 7.28. The number of nitrogens with one attached hydrogen (secondary N) is 1. The maximum Gasteiger partial charge on any atom is 0.269 e. The van der Waals surface area contributed by atoms with Crippen molar-refractivity contribution >= 4 is 29.0 Å². The van der Waals surface area contributed by atoms with Crippen LogP contribution in [0.25, 0.3) is 0 Å². The molecule has 0 atom stereocenters. The van der Waals surface area contributed by atoms with Gasteiger partial charge < -0.3 is 5.32 Å². The standard InChI is InChI=1S/C17H18N2O3S/c1-2-13-4-3-5-15(10-13)18-17(20)12-23-11-14-6-8-16(9-7-14)19(21)22/h3-10H,2,11-12H2,1H3,(H,18,20). The van der Waals surface area contributed by atoms with Crippen LogP contribution in [-0.2, 0) is 17.0 Å². The summed E-state index contributed by atoms with van der Waals surface area (Å²) in [6, 6.07) is 14.2. The number of aryl methyl sites for hydroxylation is 1. The lowest BCUT2D eigenvalue weighted by molar-refractivity contribution is -0.384. The Labute approximate surface area is 139 Å². The Bertz CT molecular complexity index is 686. The van der Waals surface area contributed by atoms with E-state index >= 15 is 0 Å². The molecule has 0 aliphatic carbocycles. The molecule has 0 aliphatic rings. The predicted molar refractivity (Wildman–Crippen MR) is 93.7 cm³/mol. The van der Waals surface area contributed by atoms with Crippen LogP contribution in [-0.4, -0.2) is 16.6 Å². The van der Waals surface area contributed by atoms with Gasteiger partial charge in [0.2, 0.25) is 5.91 Å². The molecule has 0 aliphatic heterocycles. The number of rotatable bonds is 7. The summed E-state index contributed by atoms with van der Waals surface area (Å²) in [5.41, 5.74) is 3.03. The van der Waals surface area contributed by atoms with E-state index in [9.17, 15) is 14.9 Å². The minimum absolute atomic E-state index is 0.0508. The number of non-ortho nitro benzene ring substituents is 1. The molecule has 1 amide bonds. The van der Waals surface area contributed by atoms with Gasteiger partial charge in [0.25, 0.3) is 5.69 Å². The summed E-state index contributed by atoms with van der Waals surface area (Å²) in [5, 5.41) is 13.5. The van der Waals surface area contributed by atoms with Gasteiger partial charge in [-0.2, -0.15) is 0 Å². The van der Waals surface area contributed by atoms with E-state index in [1.807, 2.05) is 24.3 Å². The largest absolute Gasteiger partial charge is 0.325 e. The van der Waals surface area contributed by atoms with Crippen molar-refractivity contribution in [1.82, 2.24) is 0 Å². The molecule has 0 fully saturated rings. The normalized spacial score (nSPS) is 10.3. The molecule has 23 heavy (non-hydrogen) atoms. The first-order chi connectivity index (χ1) is 11.1. The predicted octanol–water partition coefficient (Wildman–Crippen LogP) is 4.03. The summed E-state index contributed by atoms with van der Waals surface area (Å²) in [6.45, 7) is 2.07. The first kappa shape index (κ1) is 17.0. The van der Waals surface area contributed by atoms with E-state index in [0.717, 1.165) is 17.7 Å². The van der Waals surface area contributed by atoms with Gasteiger partial charge in [0.05, 0.1) is 10.7 Å². The van der Waals surface area contributed by atoms with Crippen LogP contribution in [0.3, 0.4) is 0 Å². The molecule has 1 N–H and O–H groups in total. The van der Waals surface area contributed by atoms with E-state index in [-0.39, 0.29) is 11.6 Å². The molecule has 5 nitrogen and oxygen atoms in total. The topological polar surface area (TPSA) is 72.2 Å². The van der Waals surface area contributed by atoms with E-state index < -0.39 is 4.92 Å².